The van der Waals surface area contributed by atoms with Gasteiger partial charge in [-0.25, -0.2) is 4.79 Å². The molecule has 4 nitrogen and oxygen atoms in total. The highest BCUT2D eigenvalue weighted by molar-refractivity contribution is 5.74. The maximum atomic E-state index is 11.9. The third kappa shape index (κ3) is 4.73. The van der Waals surface area contributed by atoms with E-state index in [-0.39, 0.29) is 6.03 Å². The molecule has 2 fully saturated rings. The molecule has 0 unspecified atom stereocenters. The maximum Gasteiger partial charge on any atom is 0.315 e. The molecule has 3 aliphatic rings. The first kappa shape index (κ1) is 14.9. The van der Waals surface area contributed by atoms with Crippen LogP contribution >= 0.6 is 0 Å². The molecule has 2 amide bonds. The van der Waals surface area contributed by atoms with Crippen LogP contribution in [0, 0.1) is 0 Å². The highest BCUT2D eigenvalue weighted by Gasteiger charge is 2.31. The molecule has 0 atom stereocenters. The molecule has 3 rings (SSSR count). The molecule has 0 radical (unpaired) electrons. The maximum absolute atomic E-state index is 11.9. The molecule has 2 N–H and O–H groups in total. The van der Waals surface area contributed by atoms with Gasteiger partial charge in [-0.05, 0) is 57.8 Å². The van der Waals surface area contributed by atoms with Crippen LogP contribution in [-0.2, 0) is 0 Å². The van der Waals surface area contributed by atoms with Crippen molar-refractivity contribution in [2.24, 2.45) is 0 Å². The fourth-order valence-corrected chi connectivity index (χ4v) is 3.55. The van der Waals surface area contributed by atoms with Crippen molar-refractivity contribution >= 4 is 6.03 Å². The van der Waals surface area contributed by atoms with Gasteiger partial charge in [0.25, 0.3) is 0 Å². The summed E-state index contributed by atoms with van der Waals surface area (Å²) < 4.78 is 0. The lowest BCUT2D eigenvalue weighted by molar-refractivity contribution is 0.186. The molecule has 0 aromatic carbocycles. The van der Waals surface area contributed by atoms with E-state index in [0.29, 0.717) is 6.04 Å². The van der Waals surface area contributed by atoms with E-state index in [1.807, 2.05) is 0 Å². The Hall–Kier alpha value is -1.03. The predicted molar refractivity (Wildman–Crippen MR) is 85.3 cm³/mol. The molecule has 1 aliphatic heterocycles. The molecule has 0 aromatic heterocycles. The number of rotatable bonds is 5. The number of piperidine rings is 1. The molecule has 0 aromatic rings. The summed E-state index contributed by atoms with van der Waals surface area (Å²) in [6.45, 7) is 3.09. The molecule has 21 heavy (non-hydrogen) atoms. The molecule has 1 saturated heterocycles. The number of carbonyl (C=O) groups excluding carboxylic acids is 1. The number of amides is 2. The van der Waals surface area contributed by atoms with Crippen molar-refractivity contribution in [1.29, 1.82) is 0 Å². The van der Waals surface area contributed by atoms with Crippen molar-refractivity contribution in [2.75, 3.05) is 19.6 Å². The van der Waals surface area contributed by atoms with Crippen molar-refractivity contribution < 1.29 is 4.79 Å². The summed E-state index contributed by atoms with van der Waals surface area (Å²) >= 11 is 0. The zero-order chi connectivity index (χ0) is 14.5. The number of carbonyl (C=O) groups is 1. The van der Waals surface area contributed by atoms with Crippen molar-refractivity contribution in [3.63, 3.8) is 0 Å². The van der Waals surface area contributed by atoms with E-state index in [4.69, 9.17) is 0 Å². The zero-order valence-electron chi connectivity index (χ0n) is 13.1. The minimum Gasteiger partial charge on any atom is -0.338 e. The van der Waals surface area contributed by atoms with Crippen LogP contribution in [0.3, 0.4) is 0 Å². The normalized spacial score (nSPS) is 24.5. The average molecular weight is 291 g/mol. The van der Waals surface area contributed by atoms with E-state index in [9.17, 15) is 4.79 Å². The molecular weight excluding hydrogens is 262 g/mol. The Balaban J connectivity index is 1.28. The first-order chi connectivity index (χ1) is 10.3. The Morgan fingerprint density at radius 1 is 1.19 bits per heavy atom. The van der Waals surface area contributed by atoms with Crippen LogP contribution in [0.2, 0.25) is 0 Å². The third-order valence-electron chi connectivity index (χ3n) is 5.04. The molecule has 0 spiro atoms. The molecule has 118 valence electrons. The highest BCUT2D eigenvalue weighted by atomic mass is 16.2. The van der Waals surface area contributed by atoms with E-state index in [1.165, 1.54) is 44.1 Å². The smallest absolute Gasteiger partial charge is 0.315 e. The Kier molecular flexibility index (Phi) is 5.17. The first-order valence-corrected chi connectivity index (χ1v) is 8.77. The van der Waals surface area contributed by atoms with E-state index in [0.717, 1.165) is 44.9 Å². The minimum absolute atomic E-state index is 0.0243. The number of allylic oxidation sites excluding steroid dienone is 1. The number of hydrogen-bond donors (Lipinski definition) is 2. The third-order valence-corrected chi connectivity index (χ3v) is 5.04. The standard InChI is InChI=1S/C17H29N3O/c21-17(18-11-8-14-4-2-1-3-5-14)19-15-9-12-20(13-10-15)16-6-7-16/h4,15-16H,1-3,5-13H2,(H2,18,19,21). The minimum atomic E-state index is 0.0243. The van der Waals surface area contributed by atoms with Gasteiger partial charge in [0.15, 0.2) is 0 Å². The number of nitrogens with zero attached hydrogens (tertiary/aromatic N) is 1. The molecule has 4 heteroatoms. The van der Waals surface area contributed by atoms with Crippen LogP contribution in [-0.4, -0.2) is 42.6 Å². The summed E-state index contributed by atoms with van der Waals surface area (Å²) in [6, 6.07) is 1.26. The van der Waals surface area contributed by atoms with Gasteiger partial charge in [0.2, 0.25) is 0 Å². The summed E-state index contributed by atoms with van der Waals surface area (Å²) in [4.78, 5) is 14.5. The van der Waals surface area contributed by atoms with Gasteiger partial charge in [-0.1, -0.05) is 11.6 Å². The largest absolute Gasteiger partial charge is 0.338 e. The molecule has 2 aliphatic carbocycles. The lowest BCUT2D eigenvalue weighted by Crippen LogP contribution is -2.48. The fourth-order valence-electron chi connectivity index (χ4n) is 3.55. The number of urea groups is 1. The Bertz CT molecular complexity index is 381. The van der Waals surface area contributed by atoms with Crippen LogP contribution in [0.15, 0.2) is 11.6 Å². The number of hydrogen-bond acceptors (Lipinski definition) is 2. The van der Waals surface area contributed by atoms with Gasteiger partial charge in [-0.15, -0.1) is 0 Å². The summed E-state index contributed by atoms with van der Waals surface area (Å²) in [6.07, 6.45) is 13.5. The van der Waals surface area contributed by atoms with Gasteiger partial charge < -0.3 is 15.5 Å². The van der Waals surface area contributed by atoms with Gasteiger partial charge in [0.05, 0.1) is 0 Å². The van der Waals surface area contributed by atoms with Crippen molar-refractivity contribution in [1.82, 2.24) is 15.5 Å². The monoisotopic (exact) mass is 291 g/mol. The van der Waals surface area contributed by atoms with Crippen molar-refractivity contribution in [2.45, 2.75) is 69.9 Å². The van der Waals surface area contributed by atoms with Gasteiger partial charge in [0.1, 0.15) is 0 Å². The topological polar surface area (TPSA) is 44.4 Å². The lowest BCUT2D eigenvalue weighted by atomic mass is 9.97. The summed E-state index contributed by atoms with van der Waals surface area (Å²) in [5.41, 5.74) is 1.53. The van der Waals surface area contributed by atoms with Crippen LogP contribution in [0.4, 0.5) is 4.79 Å². The van der Waals surface area contributed by atoms with Crippen molar-refractivity contribution in [3.8, 4) is 0 Å². The van der Waals surface area contributed by atoms with Crippen LogP contribution < -0.4 is 10.6 Å². The molecule has 0 bridgehead atoms. The molecule has 1 heterocycles. The molecular formula is C17H29N3O. The van der Waals surface area contributed by atoms with Gasteiger partial charge in [-0.2, -0.15) is 0 Å². The first-order valence-electron chi connectivity index (χ1n) is 8.77. The predicted octanol–water partition coefficient (Wildman–Crippen LogP) is 2.80. The van der Waals surface area contributed by atoms with E-state index in [1.54, 1.807) is 0 Å². The number of nitrogens with one attached hydrogen (secondary N) is 2. The summed E-state index contributed by atoms with van der Waals surface area (Å²) in [7, 11) is 0. The zero-order valence-corrected chi connectivity index (χ0v) is 13.1. The second-order valence-corrected chi connectivity index (χ2v) is 6.80. The molecule has 1 saturated carbocycles. The second kappa shape index (κ2) is 7.30. The van der Waals surface area contributed by atoms with Crippen LogP contribution in [0.1, 0.15) is 57.8 Å². The lowest BCUT2D eigenvalue weighted by Gasteiger charge is -2.32. The SMILES string of the molecule is O=C(NCCC1=CCCCC1)NC1CCN(C2CC2)CC1. The van der Waals surface area contributed by atoms with Crippen LogP contribution in [0.5, 0.6) is 0 Å². The second-order valence-electron chi connectivity index (χ2n) is 6.80. The quantitative estimate of drug-likeness (QED) is 0.765. The average Bonchev–Trinajstić information content (AvgIpc) is 3.34. The summed E-state index contributed by atoms with van der Waals surface area (Å²) in [5.74, 6) is 0. The Labute approximate surface area is 128 Å². The fraction of sp³-hybridized carbons (Fsp3) is 0.824. The Morgan fingerprint density at radius 2 is 2.00 bits per heavy atom. The summed E-state index contributed by atoms with van der Waals surface area (Å²) in [5, 5.41) is 6.16. The van der Waals surface area contributed by atoms with Crippen LogP contribution in [0.25, 0.3) is 0 Å². The Morgan fingerprint density at radius 3 is 2.67 bits per heavy atom. The van der Waals surface area contributed by atoms with Gasteiger partial charge in [0, 0.05) is 31.7 Å². The highest BCUT2D eigenvalue weighted by Crippen LogP contribution is 2.29. The van der Waals surface area contributed by atoms with Gasteiger partial charge in [-0.3, -0.25) is 0 Å². The van der Waals surface area contributed by atoms with Gasteiger partial charge >= 0.3 is 6.03 Å². The van der Waals surface area contributed by atoms with E-state index >= 15 is 0 Å². The van der Waals surface area contributed by atoms with E-state index < -0.39 is 0 Å². The van der Waals surface area contributed by atoms with Crippen molar-refractivity contribution in [3.05, 3.63) is 11.6 Å². The van der Waals surface area contributed by atoms with E-state index in [2.05, 4.69) is 21.6 Å². The number of likely N-dealkylation sites (tertiary alicyclic amines) is 1.